The first-order valence-corrected chi connectivity index (χ1v) is 7.02. The van der Waals surface area contributed by atoms with E-state index in [2.05, 4.69) is 0 Å². The fraction of sp³-hybridized carbons (Fsp3) is 0.167. The monoisotopic (exact) mass is 296 g/mol. The van der Waals surface area contributed by atoms with Crippen molar-refractivity contribution in [1.82, 2.24) is 0 Å². The molecule has 0 aliphatic heterocycles. The molecule has 0 saturated carbocycles. The number of allylic oxidation sites excluding steroid dienone is 2. The zero-order chi connectivity index (χ0) is 16.3. The highest BCUT2D eigenvalue weighted by Crippen LogP contribution is 2.25. The third kappa shape index (κ3) is 3.67. The molecule has 114 valence electrons. The summed E-state index contributed by atoms with van der Waals surface area (Å²) < 4.78 is 0. The molecule has 0 aliphatic carbocycles. The first-order valence-electron chi connectivity index (χ1n) is 7.02. The number of carbonyl (C=O) groups is 1. The second kappa shape index (κ2) is 6.35. The van der Waals surface area contributed by atoms with Gasteiger partial charge in [-0.2, -0.15) is 0 Å². The van der Waals surface area contributed by atoms with Crippen LogP contribution in [0.2, 0.25) is 0 Å². The summed E-state index contributed by atoms with van der Waals surface area (Å²) in [7, 11) is 0. The quantitative estimate of drug-likeness (QED) is 0.598. The van der Waals surface area contributed by atoms with Gasteiger partial charge in [0.2, 0.25) is 0 Å². The molecule has 0 unspecified atom stereocenters. The minimum absolute atomic E-state index is 0.114. The second-order valence-electron chi connectivity index (χ2n) is 5.42. The minimum atomic E-state index is -0.121. The van der Waals surface area contributed by atoms with Gasteiger partial charge in [0.05, 0.1) is 0 Å². The topological polar surface area (TPSA) is 89.3 Å². The molecule has 0 aromatic heterocycles. The lowest BCUT2D eigenvalue weighted by Gasteiger charge is -2.10. The summed E-state index contributed by atoms with van der Waals surface area (Å²) in [4.78, 5) is 11.8. The minimum Gasteiger partial charge on any atom is -0.508 e. The van der Waals surface area contributed by atoms with E-state index in [1.54, 1.807) is 19.1 Å². The molecule has 0 bridgehead atoms. The van der Waals surface area contributed by atoms with Crippen LogP contribution in [0.15, 0.2) is 48.2 Å². The van der Waals surface area contributed by atoms with E-state index in [9.17, 15) is 9.90 Å². The third-order valence-corrected chi connectivity index (χ3v) is 3.40. The molecule has 0 saturated heterocycles. The van der Waals surface area contributed by atoms with E-state index in [0.29, 0.717) is 28.9 Å². The number of rotatable bonds is 4. The molecule has 0 amide bonds. The van der Waals surface area contributed by atoms with E-state index in [4.69, 9.17) is 11.5 Å². The standard InChI is InChI=1S/C18H20N2O2/c1-11(19)18(12(2)21)15-8-14(9-17(22)10-15)7-13-3-5-16(20)6-4-13/h3-6,8-10,22H,7,19-20H2,1-2H3. The van der Waals surface area contributed by atoms with E-state index < -0.39 is 0 Å². The highest BCUT2D eigenvalue weighted by Gasteiger charge is 2.12. The van der Waals surface area contributed by atoms with Gasteiger partial charge in [-0.15, -0.1) is 0 Å². The number of aromatic hydroxyl groups is 1. The van der Waals surface area contributed by atoms with Crippen LogP contribution in [0.1, 0.15) is 30.5 Å². The smallest absolute Gasteiger partial charge is 0.162 e. The lowest BCUT2D eigenvalue weighted by atomic mass is 9.96. The van der Waals surface area contributed by atoms with E-state index >= 15 is 0 Å². The second-order valence-corrected chi connectivity index (χ2v) is 5.42. The highest BCUT2D eigenvalue weighted by molar-refractivity contribution is 6.20. The summed E-state index contributed by atoms with van der Waals surface area (Å²) in [6.45, 7) is 3.15. The zero-order valence-corrected chi connectivity index (χ0v) is 12.8. The van der Waals surface area contributed by atoms with E-state index in [1.807, 2.05) is 30.3 Å². The average molecular weight is 296 g/mol. The Balaban J connectivity index is 2.40. The van der Waals surface area contributed by atoms with Gasteiger partial charge in [0, 0.05) is 17.0 Å². The van der Waals surface area contributed by atoms with Crippen LogP contribution < -0.4 is 11.5 Å². The van der Waals surface area contributed by atoms with E-state index in [0.717, 1.165) is 11.1 Å². The van der Waals surface area contributed by atoms with Crippen molar-refractivity contribution in [3.8, 4) is 5.75 Å². The predicted molar refractivity (Wildman–Crippen MR) is 89.2 cm³/mol. The van der Waals surface area contributed by atoms with Crippen molar-refractivity contribution in [1.29, 1.82) is 0 Å². The molecule has 5 N–H and O–H groups in total. The number of benzene rings is 2. The highest BCUT2D eigenvalue weighted by atomic mass is 16.3. The Kier molecular flexibility index (Phi) is 4.51. The molecule has 0 fully saturated rings. The number of hydrogen-bond acceptors (Lipinski definition) is 4. The molecule has 2 aromatic rings. The van der Waals surface area contributed by atoms with Gasteiger partial charge in [-0.25, -0.2) is 0 Å². The van der Waals surface area contributed by atoms with Crippen LogP contribution in [0.25, 0.3) is 5.57 Å². The number of anilines is 1. The molecule has 0 radical (unpaired) electrons. The molecule has 0 spiro atoms. The van der Waals surface area contributed by atoms with Gasteiger partial charge in [0.1, 0.15) is 5.75 Å². The summed E-state index contributed by atoms with van der Waals surface area (Å²) in [5.41, 5.74) is 15.7. The van der Waals surface area contributed by atoms with Crippen molar-refractivity contribution in [2.24, 2.45) is 5.73 Å². The number of carbonyl (C=O) groups excluding carboxylic acids is 1. The third-order valence-electron chi connectivity index (χ3n) is 3.40. The summed E-state index contributed by atoms with van der Waals surface area (Å²) in [6, 6.07) is 12.7. The van der Waals surface area contributed by atoms with Gasteiger partial charge in [-0.3, -0.25) is 4.79 Å². The number of phenolic OH excluding ortho intramolecular Hbond substituents is 1. The zero-order valence-electron chi connectivity index (χ0n) is 12.8. The number of Topliss-reactive ketones (excluding diaryl/α,β-unsaturated/α-hetero) is 1. The van der Waals surface area contributed by atoms with Gasteiger partial charge in [0.15, 0.2) is 5.78 Å². The number of phenols is 1. The van der Waals surface area contributed by atoms with E-state index in [1.165, 1.54) is 6.92 Å². The Morgan fingerprint density at radius 2 is 1.68 bits per heavy atom. The molecule has 0 heterocycles. The summed E-state index contributed by atoms with van der Waals surface area (Å²) in [5.74, 6) is -0.00743. The number of hydrogen-bond donors (Lipinski definition) is 3. The predicted octanol–water partition coefficient (Wildman–Crippen LogP) is 2.84. The maximum Gasteiger partial charge on any atom is 0.162 e. The van der Waals surface area contributed by atoms with Crippen molar-refractivity contribution in [3.63, 3.8) is 0 Å². The number of nitrogens with two attached hydrogens (primary N) is 2. The molecular formula is C18H20N2O2. The summed E-state index contributed by atoms with van der Waals surface area (Å²) in [6.07, 6.45) is 0.635. The Bertz CT molecular complexity index is 727. The molecule has 4 nitrogen and oxygen atoms in total. The van der Waals surface area contributed by atoms with Gasteiger partial charge in [0.25, 0.3) is 0 Å². The number of ketones is 1. The van der Waals surface area contributed by atoms with Crippen molar-refractivity contribution in [2.75, 3.05) is 5.73 Å². The lowest BCUT2D eigenvalue weighted by molar-refractivity contribution is -0.111. The number of nitrogen functional groups attached to an aromatic ring is 1. The van der Waals surface area contributed by atoms with E-state index in [-0.39, 0.29) is 11.5 Å². The maximum absolute atomic E-state index is 11.8. The normalized spacial score (nSPS) is 11.9. The van der Waals surface area contributed by atoms with Gasteiger partial charge in [-0.05, 0) is 61.2 Å². The van der Waals surface area contributed by atoms with Crippen molar-refractivity contribution in [2.45, 2.75) is 20.3 Å². The fourth-order valence-electron chi connectivity index (χ4n) is 2.50. The van der Waals surface area contributed by atoms with Crippen molar-refractivity contribution < 1.29 is 9.90 Å². The molecule has 2 rings (SSSR count). The molecule has 4 heteroatoms. The van der Waals surface area contributed by atoms with Gasteiger partial charge < -0.3 is 16.6 Å². The van der Waals surface area contributed by atoms with Crippen LogP contribution in [0.3, 0.4) is 0 Å². The van der Waals surface area contributed by atoms with Gasteiger partial charge in [-0.1, -0.05) is 18.2 Å². The van der Waals surface area contributed by atoms with Crippen LogP contribution in [0.5, 0.6) is 5.75 Å². The van der Waals surface area contributed by atoms with Crippen molar-refractivity contribution >= 4 is 17.0 Å². The first-order chi connectivity index (χ1) is 10.4. The summed E-state index contributed by atoms with van der Waals surface area (Å²) in [5, 5.41) is 9.93. The SMILES string of the molecule is CC(=O)C(=C(C)N)c1cc(O)cc(Cc2ccc(N)cc2)c1. The molecule has 22 heavy (non-hydrogen) atoms. The first kappa shape index (κ1) is 15.6. The van der Waals surface area contributed by atoms with Crippen LogP contribution in [-0.2, 0) is 11.2 Å². The van der Waals surface area contributed by atoms with Crippen LogP contribution in [-0.4, -0.2) is 10.9 Å². The summed E-state index contributed by atoms with van der Waals surface area (Å²) >= 11 is 0. The van der Waals surface area contributed by atoms with Crippen LogP contribution >= 0.6 is 0 Å². The maximum atomic E-state index is 11.8. The van der Waals surface area contributed by atoms with Gasteiger partial charge >= 0.3 is 0 Å². The molecular weight excluding hydrogens is 276 g/mol. The van der Waals surface area contributed by atoms with Crippen LogP contribution in [0.4, 0.5) is 5.69 Å². The molecule has 0 atom stereocenters. The molecule has 0 aliphatic rings. The Morgan fingerprint density at radius 3 is 2.23 bits per heavy atom. The average Bonchev–Trinajstić information content (AvgIpc) is 2.40. The fourth-order valence-corrected chi connectivity index (χ4v) is 2.50. The Morgan fingerprint density at radius 1 is 1.05 bits per heavy atom. The lowest BCUT2D eigenvalue weighted by Crippen LogP contribution is -2.05. The Labute approximate surface area is 130 Å². The Hall–Kier alpha value is -2.75. The van der Waals surface area contributed by atoms with Crippen LogP contribution in [0, 0.1) is 0 Å². The van der Waals surface area contributed by atoms with Crippen molar-refractivity contribution in [3.05, 3.63) is 64.9 Å². The largest absolute Gasteiger partial charge is 0.508 e. The molecule has 2 aromatic carbocycles.